The number of fused-ring (bicyclic) bond motifs is 6. The first-order valence-corrected chi connectivity index (χ1v) is 10.4. The van der Waals surface area contributed by atoms with Crippen LogP contribution in [0.15, 0.2) is 36.8 Å². The maximum absolute atomic E-state index is 8.23. The molecule has 4 bridgehead atoms. The van der Waals surface area contributed by atoms with E-state index in [9.17, 15) is 0 Å². The zero-order valence-corrected chi connectivity index (χ0v) is 18.3. The third-order valence-corrected chi connectivity index (χ3v) is 4.80. The third kappa shape index (κ3) is 4.39. The molecular formula is C22H25N7O3. The lowest BCUT2D eigenvalue weighted by atomic mass is 10.1. The molecule has 0 atom stereocenters. The van der Waals surface area contributed by atoms with Gasteiger partial charge in [0.15, 0.2) is 5.82 Å². The molecule has 1 aliphatic heterocycles. The molecule has 0 spiro atoms. The van der Waals surface area contributed by atoms with Crippen molar-refractivity contribution in [1.82, 2.24) is 24.7 Å². The minimum absolute atomic E-state index is 0.0734. The Morgan fingerprint density at radius 2 is 2.09 bits per heavy atom. The van der Waals surface area contributed by atoms with Crippen LogP contribution in [0.1, 0.15) is 25.8 Å². The second-order valence-corrected chi connectivity index (χ2v) is 6.96. The molecule has 10 nitrogen and oxygen atoms in total. The number of aryl methyl sites for hydroxylation is 1. The third-order valence-electron chi connectivity index (χ3n) is 4.80. The molecule has 32 heavy (non-hydrogen) atoms. The Morgan fingerprint density at radius 3 is 2.91 bits per heavy atom. The molecule has 10 heteroatoms. The van der Waals surface area contributed by atoms with Gasteiger partial charge in [-0.05, 0) is 19.9 Å². The topological polar surface area (TPSA) is 120 Å². The van der Waals surface area contributed by atoms with Gasteiger partial charge in [-0.1, -0.05) is 6.08 Å². The number of nitrogens with zero attached hydrogens (tertiary/aromatic N) is 5. The highest BCUT2D eigenvalue weighted by molar-refractivity contribution is 6.18. The molecule has 1 aliphatic rings. The highest BCUT2D eigenvalue weighted by Crippen LogP contribution is 2.31. The fourth-order valence-corrected chi connectivity index (χ4v) is 3.31. The number of ether oxygens (including phenoxy) is 3. The molecule has 0 unspecified atom stereocenters. The van der Waals surface area contributed by atoms with Gasteiger partial charge in [-0.25, -0.2) is 19.6 Å². The van der Waals surface area contributed by atoms with Crippen molar-refractivity contribution in [1.29, 1.82) is 5.41 Å². The van der Waals surface area contributed by atoms with Gasteiger partial charge in [0.2, 0.25) is 11.8 Å². The van der Waals surface area contributed by atoms with E-state index in [0.29, 0.717) is 72.0 Å². The summed E-state index contributed by atoms with van der Waals surface area (Å²) in [5, 5.41) is 15.7. The van der Waals surface area contributed by atoms with Crippen LogP contribution in [0.5, 0.6) is 11.6 Å². The summed E-state index contributed by atoms with van der Waals surface area (Å²) in [7, 11) is 1.81. The van der Waals surface area contributed by atoms with Crippen molar-refractivity contribution in [2.45, 2.75) is 20.3 Å². The first-order valence-electron chi connectivity index (χ1n) is 10.4. The van der Waals surface area contributed by atoms with Crippen molar-refractivity contribution < 1.29 is 14.2 Å². The van der Waals surface area contributed by atoms with Crippen LogP contribution in [-0.2, 0) is 11.8 Å². The zero-order valence-electron chi connectivity index (χ0n) is 18.3. The summed E-state index contributed by atoms with van der Waals surface area (Å²) in [5.74, 6) is 2.90. The van der Waals surface area contributed by atoms with Crippen LogP contribution < -0.4 is 14.8 Å². The van der Waals surface area contributed by atoms with Crippen LogP contribution in [0, 0.1) is 5.41 Å². The van der Waals surface area contributed by atoms with Gasteiger partial charge in [-0.2, -0.15) is 5.10 Å². The van der Waals surface area contributed by atoms with E-state index in [1.165, 1.54) is 0 Å². The lowest BCUT2D eigenvalue weighted by molar-refractivity contribution is 0.236. The predicted molar refractivity (Wildman–Crippen MR) is 120 cm³/mol. The van der Waals surface area contributed by atoms with E-state index in [1.807, 2.05) is 27.0 Å². The molecule has 4 rings (SSSR count). The summed E-state index contributed by atoms with van der Waals surface area (Å²) in [4.78, 5) is 13.5. The molecule has 166 valence electrons. The molecule has 3 aromatic rings. The monoisotopic (exact) mass is 435 g/mol. The fraction of sp³-hybridized carbons (Fsp3) is 0.318. The van der Waals surface area contributed by atoms with Gasteiger partial charge in [0.05, 0.1) is 26.0 Å². The Kier molecular flexibility index (Phi) is 6.29. The first-order chi connectivity index (χ1) is 15.6. The quantitative estimate of drug-likeness (QED) is 0.473. The predicted octanol–water partition coefficient (Wildman–Crippen LogP) is 3.59. The lowest BCUT2D eigenvalue weighted by Gasteiger charge is -2.17. The molecule has 4 heterocycles. The summed E-state index contributed by atoms with van der Waals surface area (Å²) in [5.41, 5.74) is 2.01. The summed E-state index contributed by atoms with van der Waals surface area (Å²) in [6.45, 7) is 4.96. The fourth-order valence-electron chi connectivity index (χ4n) is 3.31. The van der Waals surface area contributed by atoms with Crippen LogP contribution in [0.4, 0.5) is 11.6 Å². The molecule has 0 aliphatic carbocycles. The van der Waals surface area contributed by atoms with E-state index in [2.05, 4.69) is 25.4 Å². The maximum Gasteiger partial charge on any atom is 0.222 e. The number of hydrogen-bond acceptors (Lipinski definition) is 9. The molecule has 3 aromatic heterocycles. The normalized spacial score (nSPS) is 13.7. The highest BCUT2D eigenvalue weighted by Gasteiger charge is 2.18. The molecule has 0 fully saturated rings. The number of anilines is 2. The van der Waals surface area contributed by atoms with E-state index >= 15 is 0 Å². The van der Waals surface area contributed by atoms with Gasteiger partial charge in [-0.3, -0.25) is 5.41 Å². The van der Waals surface area contributed by atoms with Gasteiger partial charge in [-0.15, -0.1) is 0 Å². The number of allylic oxidation sites excluding steroid dienone is 1. The van der Waals surface area contributed by atoms with Gasteiger partial charge >= 0.3 is 0 Å². The highest BCUT2D eigenvalue weighted by atomic mass is 16.5. The van der Waals surface area contributed by atoms with Crippen molar-refractivity contribution in [3.8, 4) is 23.0 Å². The summed E-state index contributed by atoms with van der Waals surface area (Å²) in [6, 6.07) is 3.55. The summed E-state index contributed by atoms with van der Waals surface area (Å²) in [6.07, 6.45) is 7.49. The average Bonchev–Trinajstić information content (AvgIpc) is 3.15. The second-order valence-electron chi connectivity index (χ2n) is 6.96. The lowest BCUT2D eigenvalue weighted by Crippen LogP contribution is -2.11. The Bertz CT molecular complexity index is 1160. The van der Waals surface area contributed by atoms with Crippen molar-refractivity contribution >= 4 is 23.1 Å². The Balaban J connectivity index is 1.73. The molecule has 0 amide bonds. The van der Waals surface area contributed by atoms with E-state index in [-0.39, 0.29) is 5.90 Å². The molecular weight excluding hydrogens is 410 g/mol. The molecule has 2 N–H and O–H groups in total. The van der Waals surface area contributed by atoms with E-state index in [0.717, 1.165) is 0 Å². The molecule has 0 saturated heterocycles. The van der Waals surface area contributed by atoms with Crippen LogP contribution in [0.3, 0.4) is 0 Å². The number of hydrogen-bond donors (Lipinski definition) is 2. The van der Waals surface area contributed by atoms with Crippen LogP contribution >= 0.6 is 0 Å². The standard InChI is InChI=1S/C22H25N7O3/c1-4-14(20(23)30-5-2)15-12-25-19-11-17(15)31-9-6-10-32-22-16(13-26-29(22)3)21-24-8-7-18(27-19)28-21/h4,7-8,11-13,23H,5-6,9-10H2,1-3H3,(H,24,25,27,28)/b14-4-,23-20?. The minimum atomic E-state index is 0.0734. The Hall–Kier alpha value is -3.95. The van der Waals surface area contributed by atoms with Crippen molar-refractivity contribution in [2.75, 3.05) is 25.1 Å². The molecule has 0 radical (unpaired) electrons. The van der Waals surface area contributed by atoms with Crippen molar-refractivity contribution in [3.63, 3.8) is 0 Å². The zero-order chi connectivity index (χ0) is 22.5. The Morgan fingerprint density at radius 1 is 1.25 bits per heavy atom. The second kappa shape index (κ2) is 9.46. The maximum atomic E-state index is 8.23. The van der Waals surface area contributed by atoms with E-state index < -0.39 is 0 Å². The van der Waals surface area contributed by atoms with Crippen LogP contribution in [0.2, 0.25) is 0 Å². The first kappa shape index (κ1) is 21.3. The number of rotatable bonds is 3. The van der Waals surface area contributed by atoms with Crippen LogP contribution in [-0.4, -0.2) is 50.5 Å². The smallest absolute Gasteiger partial charge is 0.222 e. The van der Waals surface area contributed by atoms with Crippen LogP contribution in [0.25, 0.3) is 17.0 Å². The number of aromatic nitrogens is 5. The minimum Gasteiger partial charge on any atom is -0.493 e. The van der Waals surface area contributed by atoms with Crippen molar-refractivity contribution in [2.24, 2.45) is 7.05 Å². The van der Waals surface area contributed by atoms with Gasteiger partial charge < -0.3 is 19.5 Å². The Labute approximate surface area is 185 Å². The van der Waals surface area contributed by atoms with Gasteiger partial charge in [0, 0.05) is 43.1 Å². The van der Waals surface area contributed by atoms with E-state index in [4.69, 9.17) is 19.6 Å². The summed E-state index contributed by atoms with van der Waals surface area (Å²) < 4.78 is 19.1. The van der Waals surface area contributed by atoms with E-state index in [1.54, 1.807) is 35.4 Å². The van der Waals surface area contributed by atoms with Crippen molar-refractivity contribution in [3.05, 3.63) is 42.4 Å². The van der Waals surface area contributed by atoms with Gasteiger partial charge in [0.1, 0.15) is 22.9 Å². The van der Waals surface area contributed by atoms with Gasteiger partial charge in [0.25, 0.3) is 0 Å². The molecule has 0 saturated carbocycles. The average molecular weight is 435 g/mol. The number of nitrogens with one attached hydrogen (secondary N) is 2. The SMILES string of the molecule is C/C=C(\C(=N)OCC)c1cnc2cc1OCCCOc1c(cnn1C)-c1nccc(n1)N2. The molecule has 0 aromatic carbocycles. The number of pyridine rings is 1. The largest absolute Gasteiger partial charge is 0.493 e. The summed E-state index contributed by atoms with van der Waals surface area (Å²) >= 11 is 0.